The van der Waals surface area contributed by atoms with Crippen LogP contribution < -0.4 is 10.2 Å². The third-order valence-electron chi connectivity index (χ3n) is 3.49. The van der Waals surface area contributed by atoms with Crippen LogP contribution in [0.3, 0.4) is 0 Å². The molecule has 1 heterocycles. The van der Waals surface area contributed by atoms with Crippen LogP contribution in [-0.4, -0.2) is 42.7 Å². The Hall–Kier alpha value is -1.29. The Morgan fingerprint density at radius 1 is 1.44 bits per heavy atom. The van der Waals surface area contributed by atoms with Crippen molar-refractivity contribution in [2.24, 2.45) is 0 Å². The highest BCUT2D eigenvalue weighted by molar-refractivity contribution is 7.80. The maximum absolute atomic E-state index is 5.37. The molecule has 1 aromatic carbocycles. The molecule has 0 bridgehead atoms. The second-order valence-corrected chi connectivity index (χ2v) is 5.06. The van der Waals surface area contributed by atoms with E-state index in [9.17, 15) is 0 Å². The van der Waals surface area contributed by atoms with Gasteiger partial charge in [0.25, 0.3) is 0 Å². The fourth-order valence-corrected chi connectivity index (χ4v) is 2.69. The van der Waals surface area contributed by atoms with Crippen molar-refractivity contribution in [2.45, 2.75) is 19.4 Å². The Bertz CT molecular complexity index is 393. The van der Waals surface area contributed by atoms with Gasteiger partial charge in [0, 0.05) is 38.4 Å². The number of anilines is 1. The van der Waals surface area contributed by atoms with Crippen LogP contribution in [0.4, 0.5) is 5.69 Å². The summed E-state index contributed by atoms with van der Waals surface area (Å²) in [4.78, 5) is 4.62. The lowest BCUT2D eigenvalue weighted by Gasteiger charge is -2.27. The summed E-state index contributed by atoms with van der Waals surface area (Å²) in [6.45, 7) is 5.04. The topological polar surface area (TPSA) is 18.5 Å². The number of hydrogen-bond donors (Lipinski definition) is 1. The summed E-state index contributed by atoms with van der Waals surface area (Å²) < 4.78 is 0. The third-order valence-corrected chi connectivity index (χ3v) is 3.89. The fraction of sp³-hybridized carbons (Fsp3) is 0.500. The number of hydrogen-bond acceptors (Lipinski definition) is 2. The monoisotopic (exact) mass is 263 g/mol. The minimum atomic E-state index is 0.545. The molecule has 18 heavy (non-hydrogen) atoms. The molecule has 0 amide bonds. The molecule has 1 saturated heterocycles. The molecule has 2 rings (SSSR count). The highest BCUT2D eigenvalue weighted by Crippen LogP contribution is 2.21. The van der Waals surface area contributed by atoms with E-state index in [0.717, 1.165) is 31.2 Å². The second-order valence-electron chi connectivity index (χ2n) is 4.67. The van der Waals surface area contributed by atoms with Gasteiger partial charge in [0.1, 0.15) is 0 Å². The van der Waals surface area contributed by atoms with Gasteiger partial charge in [-0.15, -0.1) is 0 Å². The largest absolute Gasteiger partial charge is 0.370 e. The summed E-state index contributed by atoms with van der Waals surface area (Å²) in [6.07, 6.45) is 1.16. The zero-order chi connectivity index (χ0) is 13.0. The number of likely N-dealkylation sites (N-methyl/N-ethyl adjacent to an activating group) is 1. The van der Waals surface area contributed by atoms with Crippen molar-refractivity contribution in [2.75, 3.05) is 31.6 Å². The van der Waals surface area contributed by atoms with E-state index in [0.29, 0.717) is 6.04 Å². The zero-order valence-corrected chi connectivity index (χ0v) is 11.9. The van der Waals surface area contributed by atoms with E-state index in [2.05, 4.69) is 59.4 Å². The Kier molecular flexibility index (Phi) is 4.42. The van der Waals surface area contributed by atoms with Gasteiger partial charge < -0.3 is 15.1 Å². The standard InChI is InChI=1S/C14H21N3S/c1-3-15-14(18)17-10-9-13(11-17)16(2)12-7-5-4-6-8-12/h4-8,13H,3,9-11H2,1-2H3,(H,15,18)/t13-/m0/s1. The Morgan fingerprint density at radius 3 is 2.83 bits per heavy atom. The predicted molar refractivity (Wildman–Crippen MR) is 81.1 cm³/mol. The lowest BCUT2D eigenvalue weighted by atomic mass is 10.2. The fourth-order valence-electron chi connectivity index (χ4n) is 2.38. The molecule has 98 valence electrons. The minimum absolute atomic E-state index is 0.545. The number of rotatable bonds is 3. The van der Waals surface area contributed by atoms with Gasteiger partial charge in [0.05, 0.1) is 0 Å². The van der Waals surface area contributed by atoms with E-state index >= 15 is 0 Å². The first-order valence-electron chi connectivity index (χ1n) is 6.53. The molecule has 1 aliphatic rings. The van der Waals surface area contributed by atoms with Gasteiger partial charge in [-0.25, -0.2) is 0 Å². The van der Waals surface area contributed by atoms with Gasteiger partial charge in [-0.1, -0.05) is 18.2 Å². The summed E-state index contributed by atoms with van der Waals surface area (Å²) in [6, 6.07) is 11.1. The quantitative estimate of drug-likeness (QED) is 0.841. The molecular weight excluding hydrogens is 242 g/mol. The number of likely N-dealkylation sites (tertiary alicyclic amines) is 1. The Morgan fingerprint density at radius 2 is 2.17 bits per heavy atom. The number of benzene rings is 1. The molecule has 0 radical (unpaired) electrons. The molecule has 1 fully saturated rings. The smallest absolute Gasteiger partial charge is 0.168 e. The van der Waals surface area contributed by atoms with Crippen LogP contribution in [0.5, 0.6) is 0 Å². The normalized spacial score (nSPS) is 18.8. The average Bonchev–Trinajstić information content (AvgIpc) is 2.89. The molecule has 0 unspecified atom stereocenters. The first kappa shape index (κ1) is 13.1. The van der Waals surface area contributed by atoms with Crippen molar-refractivity contribution in [3.8, 4) is 0 Å². The summed E-state index contributed by atoms with van der Waals surface area (Å²) in [5.41, 5.74) is 1.28. The van der Waals surface area contributed by atoms with Crippen molar-refractivity contribution in [3.05, 3.63) is 30.3 Å². The molecule has 1 atom stereocenters. The van der Waals surface area contributed by atoms with Crippen LogP contribution >= 0.6 is 12.2 Å². The number of thiocarbonyl (C=S) groups is 1. The van der Waals surface area contributed by atoms with Gasteiger partial charge >= 0.3 is 0 Å². The van der Waals surface area contributed by atoms with Gasteiger partial charge in [0.2, 0.25) is 0 Å². The van der Waals surface area contributed by atoms with Crippen LogP contribution in [0, 0.1) is 0 Å². The Balaban J connectivity index is 1.94. The van der Waals surface area contributed by atoms with Gasteiger partial charge in [-0.3, -0.25) is 0 Å². The number of nitrogens with one attached hydrogen (secondary N) is 1. The van der Waals surface area contributed by atoms with Crippen LogP contribution in [0.1, 0.15) is 13.3 Å². The summed E-state index contributed by atoms with van der Waals surface area (Å²) >= 11 is 5.37. The van der Waals surface area contributed by atoms with E-state index < -0.39 is 0 Å². The van der Waals surface area contributed by atoms with Crippen molar-refractivity contribution in [3.63, 3.8) is 0 Å². The highest BCUT2D eigenvalue weighted by atomic mass is 32.1. The molecular formula is C14H21N3S. The van der Waals surface area contributed by atoms with Crippen molar-refractivity contribution in [1.29, 1.82) is 0 Å². The van der Waals surface area contributed by atoms with E-state index in [1.165, 1.54) is 5.69 Å². The summed E-state index contributed by atoms with van der Waals surface area (Å²) in [7, 11) is 2.17. The van der Waals surface area contributed by atoms with E-state index in [1.54, 1.807) is 0 Å². The summed E-state index contributed by atoms with van der Waals surface area (Å²) in [5, 5.41) is 4.12. The molecule has 1 aliphatic heterocycles. The van der Waals surface area contributed by atoms with Crippen molar-refractivity contribution in [1.82, 2.24) is 10.2 Å². The molecule has 0 spiro atoms. The molecule has 0 aromatic heterocycles. The number of nitrogens with zero attached hydrogens (tertiary/aromatic N) is 2. The molecule has 4 heteroatoms. The van der Waals surface area contributed by atoms with Crippen LogP contribution in [0.2, 0.25) is 0 Å². The first-order valence-corrected chi connectivity index (χ1v) is 6.94. The third kappa shape index (κ3) is 2.93. The maximum atomic E-state index is 5.37. The lowest BCUT2D eigenvalue weighted by Crippen LogP contribution is -2.41. The first-order chi connectivity index (χ1) is 8.72. The van der Waals surface area contributed by atoms with Crippen molar-refractivity contribution >= 4 is 23.0 Å². The van der Waals surface area contributed by atoms with Gasteiger partial charge in [-0.2, -0.15) is 0 Å². The van der Waals surface area contributed by atoms with E-state index in [-0.39, 0.29) is 0 Å². The molecule has 3 nitrogen and oxygen atoms in total. The minimum Gasteiger partial charge on any atom is -0.370 e. The highest BCUT2D eigenvalue weighted by Gasteiger charge is 2.27. The van der Waals surface area contributed by atoms with E-state index in [1.807, 2.05) is 0 Å². The van der Waals surface area contributed by atoms with Gasteiger partial charge in [-0.05, 0) is 37.7 Å². The molecule has 1 N–H and O–H groups in total. The average molecular weight is 263 g/mol. The van der Waals surface area contributed by atoms with E-state index in [4.69, 9.17) is 12.2 Å². The SMILES string of the molecule is CCNC(=S)N1CC[C@H](N(C)c2ccccc2)C1. The molecule has 0 saturated carbocycles. The molecule has 0 aliphatic carbocycles. The van der Waals surface area contributed by atoms with Crippen LogP contribution in [-0.2, 0) is 0 Å². The van der Waals surface area contributed by atoms with Crippen LogP contribution in [0.25, 0.3) is 0 Å². The van der Waals surface area contributed by atoms with Crippen molar-refractivity contribution < 1.29 is 0 Å². The van der Waals surface area contributed by atoms with Gasteiger partial charge in [0.15, 0.2) is 5.11 Å². The molecule has 1 aromatic rings. The van der Waals surface area contributed by atoms with Crippen LogP contribution in [0.15, 0.2) is 30.3 Å². The summed E-state index contributed by atoms with van der Waals surface area (Å²) in [5.74, 6) is 0. The lowest BCUT2D eigenvalue weighted by molar-refractivity contribution is 0.496. The zero-order valence-electron chi connectivity index (χ0n) is 11.1. The number of para-hydroxylation sites is 1. The maximum Gasteiger partial charge on any atom is 0.168 e. The Labute approximate surface area is 115 Å². The predicted octanol–water partition coefficient (Wildman–Crippen LogP) is 2.09. The second kappa shape index (κ2) is 6.05.